The molecule has 162 valence electrons. The second kappa shape index (κ2) is 9.46. The highest BCUT2D eigenvalue weighted by Gasteiger charge is 2.26. The molecule has 0 bridgehead atoms. The van der Waals surface area contributed by atoms with E-state index in [1.54, 1.807) is 6.20 Å². The van der Waals surface area contributed by atoms with E-state index in [9.17, 15) is 4.79 Å². The van der Waals surface area contributed by atoms with Crippen LogP contribution in [-0.4, -0.2) is 38.4 Å². The molecule has 1 saturated heterocycles. The average molecular weight is 417 g/mol. The van der Waals surface area contributed by atoms with E-state index in [1.807, 2.05) is 22.6 Å². The Kier molecular flexibility index (Phi) is 6.50. The number of piperidine rings is 1. The van der Waals surface area contributed by atoms with Gasteiger partial charge in [0.15, 0.2) is 0 Å². The third kappa shape index (κ3) is 5.40. The minimum atomic E-state index is 0.227. The average Bonchev–Trinajstić information content (AvgIpc) is 3.16. The number of nitrogens with zero attached hydrogens (tertiary/aromatic N) is 4. The van der Waals surface area contributed by atoms with E-state index >= 15 is 0 Å². The Bertz CT molecular complexity index is 1060. The molecule has 0 unspecified atom stereocenters. The molecule has 4 rings (SSSR count). The van der Waals surface area contributed by atoms with Crippen LogP contribution in [0.15, 0.2) is 48.8 Å². The molecule has 3 heterocycles. The first-order chi connectivity index (χ1) is 15.0. The number of aryl methyl sites for hydroxylation is 4. The zero-order valence-corrected chi connectivity index (χ0v) is 18.8. The van der Waals surface area contributed by atoms with Crippen molar-refractivity contribution in [2.24, 2.45) is 0 Å². The first-order valence-electron chi connectivity index (χ1n) is 11.3. The second-order valence-corrected chi connectivity index (χ2v) is 8.80. The maximum absolute atomic E-state index is 12.9. The summed E-state index contributed by atoms with van der Waals surface area (Å²) in [5.41, 5.74) is 6.10. The lowest BCUT2D eigenvalue weighted by Gasteiger charge is -2.33. The summed E-state index contributed by atoms with van der Waals surface area (Å²) in [4.78, 5) is 24.0. The van der Waals surface area contributed by atoms with Crippen molar-refractivity contribution in [2.45, 2.75) is 58.9 Å². The van der Waals surface area contributed by atoms with Crippen LogP contribution in [0.25, 0.3) is 0 Å². The monoisotopic (exact) mass is 416 g/mol. The quantitative estimate of drug-likeness (QED) is 0.590. The molecule has 2 aromatic heterocycles. The van der Waals surface area contributed by atoms with E-state index in [0.717, 1.165) is 49.6 Å². The van der Waals surface area contributed by atoms with Gasteiger partial charge in [-0.25, -0.2) is 4.98 Å². The Morgan fingerprint density at radius 2 is 2.00 bits per heavy atom. The summed E-state index contributed by atoms with van der Waals surface area (Å²) < 4.78 is 2.04. The molecular weight excluding hydrogens is 384 g/mol. The molecule has 0 saturated carbocycles. The summed E-state index contributed by atoms with van der Waals surface area (Å²) in [6, 6.07) is 13.1. The van der Waals surface area contributed by atoms with Gasteiger partial charge in [0, 0.05) is 55.8 Å². The molecule has 1 amide bonds. The van der Waals surface area contributed by atoms with Gasteiger partial charge in [-0.05, 0) is 63.3 Å². The molecule has 5 heteroatoms. The van der Waals surface area contributed by atoms with Crippen molar-refractivity contribution in [1.29, 1.82) is 0 Å². The third-order valence-electron chi connectivity index (χ3n) is 6.21. The fraction of sp³-hybridized carbons (Fsp3) is 0.423. The molecule has 5 nitrogen and oxygen atoms in total. The topological polar surface area (TPSA) is 51.0 Å². The van der Waals surface area contributed by atoms with Gasteiger partial charge < -0.3 is 9.47 Å². The molecule has 1 atom stereocenters. The van der Waals surface area contributed by atoms with Gasteiger partial charge in [0.2, 0.25) is 5.91 Å². The predicted octanol–water partition coefficient (Wildman–Crippen LogP) is 4.59. The Balaban J connectivity index is 1.43. The summed E-state index contributed by atoms with van der Waals surface area (Å²) in [5.74, 6) is 1.49. The van der Waals surface area contributed by atoms with E-state index in [1.165, 1.54) is 16.7 Å². The number of carbonyl (C=O) groups excluding carboxylic acids is 1. The normalized spacial score (nSPS) is 16.5. The molecule has 1 fully saturated rings. The van der Waals surface area contributed by atoms with Gasteiger partial charge in [-0.2, -0.15) is 0 Å². The van der Waals surface area contributed by atoms with Gasteiger partial charge in [0.1, 0.15) is 5.82 Å². The van der Waals surface area contributed by atoms with Crippen LogP contribution in [-0.2, 0) is 17.8 Å². The van der Waals surface area contributed by atoms with E-state index in [4.69, 9.17) is 4.98 Å². The van der Waals surface area contributed by atoms with E-state index < -0.39 is 0 Å². The predicted molar refractivity (Wildman–Crippen MR) is 123 cm³/mol. The zero-order valence-electron chi connectivity index (χ0n) is 18.8. The fourth-order valence-electron chi connectivity index (χ4n) is 4.60. The molecule has 1 aliphatic rings. The highest BCUT2D eigenvalue weighted by atomic mass is 16.2. The maximum Gasteiger partial charge on any atom is 0.224 e. The minimum Gasteiger partial charge on any atom is -0.342 e. The number of hydrogen-bond donors (Lipinski definition) is 0. The Morgan fingerprint density at radius 1 is 1.13 bits per heavy atom. The molecular formula is C26H32N4O. The number of hydrogen-bond acceptors (Lipinski definition) is 3. The van der Waals surface area contributed by atoms with Crippen LogP contribution in [0.5, 0.6) is 0 Å². The summed E-state index contributed by atoms with van der Waals surface area (Å²) in [5, 5.41) is 0. The van der Waals surface area contributed by atoms with Gasteiger partial charge >= 0.3 is 0 Å². The molecule has 1 aliphatic heterocycles. The number of amides is 1. The number of benzene rings is 1. The smallest absolute Gasteiger partial charge is 0.224 e. The van der Waals surface area contributed by atoms with Crippen LogP contribution >= 0.6 is 0 Å². The molecule has 1 aromatic carbocycles. The molecule has 3 aromatic rings. The Hall–Kier alpha value is -2.95. The van der Waals surface area contributed by atoms with Crippen LogP contribution in [0.3, 0.4) is 0 Å². The summed E-state index contributed by atoms with van der Waals surface area (Å²) in [6.45, 7) is 8.48. The first kappa shape index (κ1) is 21.3. The van der Waals surface area contributed by atoms with Crippen LogP contribution in [0.2, 0.25) is 0 Å². The number of likely N-dealkylation sites (tertiary alicyclic amines) is 1. The van der Waals surface area contributed by atoms with Gasteiger partial charge in [-0.1, -0.05) is 29.8 Å². The minimum absolute atomic E-state index is 0.227. The van der Waals surface area contributed by atoms with Crippen molar-refractivity contribution in [3.8, 4) is 0 Å². The lowest BCUT2D eigenvalue weighted by molar-refractivity contribution is -0.132. The van der Waals surface area contributed by atoms with E-state index in [2.05, 4.69) is 55.2 Å². The summed E-state index contributed by atoms with van der Waals surface area (Å²) in [7, 11) is 0. The van der Waals surface area contributed by atoms with Crippen molar-refractivity contribution in [3.63, 3.8) is 0 Å². The van der Waals surface area contributed by atoms with Crippen LogP contribution in [0.4, 0.5) is 0 Å². The number of pyridine rings is 1. The van der Waals surface area contributed by atoms with Gasteiger partial charge in [-0.15, -0.1) is 0 Å². The van der Waals surface area contributed by atoms with Gasteiger partial charge in [0.25, 0.3) is 0 Å². The number of rotatable bonds is 6. The Labute approximate surface area is 185 Å². The molecule has 0 N–H and O–H groups in total. The van der Waals surface area contributed by atoms with Crippen molar-refractivity contribution in [2.75, 3.05) is 13.1 Å². The van der Waals surface area contributed by atoms with Crippen LogP contribution in [0.1, 0.15) is 59.1 Å². The molecule has 0 radical (unpaired) electrons. The van der Waals surface area contributed by atoms with Gasteiger partial charge in [-0.3, -0.25) is 9.78 Å². The van der Waals surface area contributed by atoms with Crippen molar-refractivity contribution in [3.05, 3.63) is 82.7 Å². The third-order valence-corrected chi connectivity index (χ3v) is 6.21. The largest absolute Gasteiger partial charge is 0.342 e. The molecule has 0 spiro atoms. The molecule has 0 aliphatic carbocycles. The summed E-state index contributed by atoms with van der Waals surface area (Å²) >= 11 is 0. The standard InChI is InChI=1S/C26H32N4O/c1-19-6-4-7-22(14-19)16-23-15-20(2)28-25(17-23)24-8-5-11-30(18-24)26(31)9-12-29-13-10-27-21(29)3/h4,6-7,10,13-15,17,24H,5,8-9,11-12,16,18H2,1-3H3/t24-/m1/s1. The highest BCUT2D eigenvalue weighted by molar-refractivity contribution is 5.76. The molecule has 31 heavy (non-hydrogen) atoms. The van der Waals surface area contributed by atoms with E-state index in [0.29, 0.717) is 18.9 Å². The van der Waals surface area contributed by atoms with Crippen molar-refractivity contribution < 1.29 is 4.79 Å². The zero-order chi connectivity index (χ0) is 21.8. The fourth-order valence-corrected chi connectivity index (χ4v) is 4.60. The van der Waals surface area contributed by atoms with Crippen molar-refractivity contribution >= 4 is 5.91 Å². The van der Waals surface area contributed by atoms with Crippen LogP contribution in [0, 0.1) is 20.8 Å². The van der Waals surface area contributed by atoms with Crippen molar-refractivity contribution in [1.82, 2.24) is 19.4 Å². The van der Waals surface area contributed by atoms with E-state index in [-0.39, 0.29) is 5.91 Å². The lowest BCUT2D eigenvalue weighted by Crippen LogP contribution is -2.39. The van der Waals surface area contributed by atoms with Gasteiger partial charge in [0.05, 0.1) is 0 Å². The highest BCUT2D eigenvalue weighted by Crippen LogP contribution is 2.27. The second-order valence-electron chi connectivity index (χ2n) is 8.80. The SMILES string of the molecule is Cc1cccc(Cc2cc(C)nc([C@@H]3CCCN(C(=O)CCn4ccnc4C)C3)c2)c1. The summed E-state index contributed by atoms with van der Waals surface area (Å²) in [6.07, 6.45) is 7.28. The number of carbonyl (C=O) groups is 1. The lowest BCUT2D eigenvalue weighted by atomic mass is 9.92. The number of imidazole rings is 1. The number of aromatic nitrogens is 3. The first-order valence-corrected chi connectivity index (χ1v) is 11.3. The maximum atomic E-state index is 12.9. The Morgan fingerprint density at radius 3 is 2.77 bits per heavy atom. The van der Waals surface area contributed by atoms with Crippen LogP contribution < -0.4 is 0 Å².